The van der Waals surface area contributed by atoms with E-state index in [1.54, 1.807) is 9.80 Å². The van der Waals surface area contributed by atoms with Crippen LogP contribution in [-0.4, -0.2) is 83.5 Å². The standard InChI is InChI=1S/C18H22Cl2N4O3/c1-2-17(26)24-10-12(11-24)22-3-5-23(6-4-22)18(27)9-21-15-8-16(25)14(20)7-13(15)19/h2,7-8,12,21,25H,1,3-6,9-11H2. The van der Waals surface area contributed by atoms with Crippen molar-refractivity contribution in [2.75, 3.05) is 51.1 Å². The van der Waals surface area contributed by atoms with E-state index in [-0.39, 0.29) is 29.1 Å². The topological polar surface area (TPSA) is 76.1 Å². The predicted octanol–water partition coefficient (Wildman–Crippen LogP) is 1.65. The highest BCUT2D eigenvalue weighted by Crippen LogP contribution is 2.33. The number of phenols is 1. The van der Waals surface area contributed by atoms with Crippen LogP contribution >= 0.6 is 23.2 Å². The third-order valence-electron chi connectivity index (χ3n) is 5.00. The van der Waals surface area contributed by atoms with Gasteiger partial charge in [0.05, 0.1) is 22.3 Å². The van der Waals surface area contributed by atoms with Gasteiger partial charge < -0.3 is 20.2 Å². The predicted molar refractivity (Wildman–Crippen MR) is 105 cm³/mol. The van der Waals surface area contributed by atoms with Crippen LogP contribution in [0.15, 0.2) is 24.8 Å². The van der Waals surface area contributed by atoms with Crippen molar-refractivity contribution in [3.63, 3.8) is 0 Å². The van der Waals surface area contributed by atoms with Crippen LogP contribution < -0.4 is 5.32 Å². The number of piperazine rings is 1. The van der Waals surface area contributed by atoms with Gasteiger partial charge in [0, 0.05) is 51.4 Å². The number of carbonyl (C=O) groups excluding carboxylic acids is 2. The number of hydrogen-bond donors (Lipinski definition) is 2. The Bertz CT molecular complexity index is 744. The maximum absolute atomic E-state index is 12.4. The Balaban J connectivity index is 1.43. The lowest BCUT2D eigenvalue weighted by molar-refractivity contribution is -0.135. The molecule has 9 heteroatoms. The maximum Gasteiger partial charge on any atom is 0.246 e. The number of aromatic hydroxyl groups is 1. The second-order valence-corrected chi connectivity index (χ2v) is 7.47. The van der Waals surface area contributed by atoms with Crippen LogP contribution in [0.4, 0.5) is 5.69 Å². The van der Waals surface area contributed by atoms with Gasteiger partial charge in [-0.2, -0.15) is 0 Å². The van der Waals surface area contributed by atoms with Crippen LogP contribution in [-0.2, 0) is 9.59 Å². The van der Waals surface area contributed by atoms with Crippen molar-refractivity contribution in [2.45, 2.75) is 6.04 Å². The van der Waals surface area contributed by atoms with Gasteiger partial charge >= 0.3 is 0 Å². The first-order chi connectivity index (χ1) is 12.9. The molecule has 2 aliphatic heterocycles. The highest BCUT2D eigenvalue weighted by Gasteiger charge is 2.35. The van der Waals surface area contributed by atoms with Crippen LogP contribution in [0.5, 0.6) is 5.75 Å². The average molecular weight is 413 g/mol. The molecule has 0 atom stereocenters. The molecule has 7 nitrogen and oxygen atoms in total. The third kappa shape index (κ3) is 4.48. The third-order valence-corrected chi connectivity index (χ3v) is 5.61. The van der Waals surface area contributed by atoms with E-state index < -0.39 is 0 Å². The quantitative estimate of drug-likeness (QED) is 0.719. The molecule has 1 aromatic rings. The summed E-state index contributed by atoms with van der Waals surface area (Å²) in [6, 6.07) is 3.20. The number of hydrogen-bond acceptors (Lipinski definition) is 5. The molecule has 0 spiro atoms. The SMILES string of the molecule is C=CC(=O)N1CC(N2CCN(C(=O)CNc3cc(O)c(Cl)cc3Cl)CC2)C1. The van der Waals surface area contributed by atoms with Gasteiger partial charge in [0.15, 0.2) is 0 Å². The van der Waals surface area contributed by atoms with E-state index in [0.717, 1.165) is 26.2 Å². The lowest BCUT2D eigenvalue weighted by Gasteiger charge is -2.47. The molecular weight excluding hydrogens is 391 g/mol. The summed E-state index contributed by atoms with van der Waals surface area (Å²) in [7, 11) is 0. The van der Waals surface area contributed by atoms with Gasteiger partial charge in [-0.15, -0.1) is 0 Å². The minimum absolute atomic E-state index is 0.0296. The zero-order valence-corrected chi connectivity index (χ0v) is 16.3. The molecule has 2 fully saturated rings. The number of nitrogens with zero attached hydrogens (tertiary/aromatic N) is 3. The zero-order chi connectivity index (χ0) is 19.6. The molecule has 0 saturated carbocycles. The van der Waals surface area contributed by atoms with E-state index in [9.17, 15) is 14.7 Å². The van der Waals surface area contributed by atoms with E-state index in [0.29, 0.717) is 29.8 Å². The molecule has 0 bridgehead atoms. The minimum Gasteiger partial charge on any atom is -0.506 e. The van der Waals surface area contributed by atoms with Crippen molar-refractivity contribution in [1.82, 2.24) is 14.7 Å². The maximum atomic E-state index is 12.4. The number of anilines is 1. The number of halogens is 2. The van der Waals surface area contributed by atoms with E-state index in [1.807, 2.05) is 0 Å². The Kier molecular flexibility index (Phi) is 6.14. The molecule has 3 rings (SSSR count). The van der Waals surface area contributed by atoms with E-state index >= 15 is 0 Å². The Morgan fingerprint density at radius 1 is 1.15 bits per heavy atom. The Hall–Kier alpha value is -1.96. The second-order valence-electron chi connectivity index (χ2n) is 6.65. The summed E-state index contributed by atoms with van der Waals surface area (Å²) in [5, 5.41) is 13.1. The van der Waals surface area contributed by atoms with Gasteiger partial charge in [-0.05, 0) is 12.1 Å². The molecule has 2 N–H and O–H groups in total. The van der Waals surface area contributed by atoms with Crippen LogP contribution in [0.25, 0.3) is 0 Å². The van der Waals surface area contributed by atoms with Crippen molar-refractivity contribution in [3.8, 4) is 5.75 Å². The Morgan fingerprint density at radius 3 is 2.44 bits per heavy atom. The number of amides is 2. The molecular formula is C18H22Cl2N4O3. The van der Waals surface area contributed by atoms with Crippen molar-refractivity contribution >= 4 is 40.7 Å². The van der Waals surface area contributed by atoms with E-state index in [2.05, 4.69) is 16.8 Å². The van der Waals surface area contributed by atoms with Crippen molar-refractivity contribution in [1.29, 1.82) is 0 Å². The summed E-state index contributed by atoms with van der Waals surface area (Å²) < 4.78 is 0. The molecule has 2 aliphatic rings. The molecule has 0 aliphatic carbocycles. The monoisotopic (exact) mass is 412 g/mol. The zero-order valence-electron chi connectivity index (χ0n) is 14.8. The van der Waals surface area contributed by atoms with Crippen LogP contribution in [0.3, 0.4) is 0 Å². The average Bonchev–Trinajstić information content (AvgIpc) is 2.62. The Morgan fingerprint density at radius 2 is 1.81 bits per heavy atom. The number of carbonyl (C=O) groups is 2. The van der Waals surface area contributed by atoms with Gasteiger partial charge in [0.2, 0.25) is 11.8 Å². The largest absolute Gasteiger partial charge is 0.506 e. The van der Waals surface area contributed by atoms with Gasteiger partial charge in [0.1, 0.15) is 5.75 Å². The molecule has 2 amide bonds. The fourth-order valence-corrected chi connectivity index (χ4v) is 3.74. The summed E-state index contributed by atoms with van der Waals surface area (Å²) >= 11 is 11.9. The minimum atomic E-state index is -0.0888. The summed E-state index contributed by atoms with van der Waals surface area (Å²) in [6.45, 7) is 7.90. The smallest absolute Gasteiger partial charge is 0.246 e. The lowest BCUT2D eigenvalue weighted by atomic mass is 10.1. The summed E-state index contributed by atoms with van der Waals surface area (Å²) in [5.41, 5.74) is 0.465. The van der Waals surface area contributed by atoms with Gasteiger partial charge in [-0.25, -0.2) is 0 Å². The van der Waals surface area contributed by atoms with Crippen molar-refractivity contribution in [3.05, 3.63) is 34.8 Å². The van der Waals surface area contributed by atoms with Crippen LogP contribution in [0.2, 0.25) is 10.0 Å². The molecule has 0 aromatic heterocycles. The van der Waals surface area contributed by atoms with E-state index in [4.69, 9.17) is 23.2 Å². The number of likely N-dealkylation sites (tertiary alicyclic amines) is 1. The highest BCUT2D eigenvalue weighted by atomic mass is 35.5. The summed E-state index contributed by atoms with van der Waals surface area (Å²) in [4.78, 5) is 29.8. The van der Waals surface area contributed by atoms with Gasteiger partial charge in [-0.1, -0.05) is 29.8 Å². The highest BCUT2D eigenvalue weighted by molar-refractivity contribution is 6.37. The fourth-order valence-electron chi connectivity index (χ4n) is 3.29. The normalized spacial score (nSPS) is 18.1. The first kappa shape index (κ1) is 19.8. The first-order valence-corrected chi connectivity index (χ1v) is 9.49. The van der Waals surface area contributed by atoms with Crippen molar-refractivity contribution < 1.29 is 14.7 Å². The fraction of sp³-hybridized carbons (Fsp3) is 0.444. The molecule has 1 aromatic carbocycles. The molecule has 27 heavy (non-hydrogen) atoms. The first-order valence-electron chi connectivity index (χ1n) is 8.74. The number of nitrogens with one attached hydrogen (secondary N) is 1. The Labute approximate surface area is 168 Å². The van der Waals surface area contributed by atoms with Crippen LogP contribution in [0.1, 0.15) is 0 Å². The van der Waals surface area contributed by atoms with Crippen molar-refractivity contribution in [2.24, 2.45) is 0 Å². The second kappa shape index (κ2) is 8.37. The molecule has 146 valence electrons. The number of rotatable bonds is 5. The molecule has 2 saturated heterocycles. The number of benzene rings is 1. The molecule has 0 radical (unpaired) electrons. The summed E-state index contributed by atoms with van der Waals surface area (Å²) in [6.07, 6.45) is 1.34. The van der Waals surface area contributed by atoms with Crippen LogP contribution in [0, 0.1) is 0 Å². The molecule has 0 unspecified atom stereocenters. The lowest BCUT2D eigenvalue weighted by Crippen LogP contribution is -2.64. The molecule has 2 heterocycles. The number of phenolic OH excluding ortho intramolecular Hbond substituents is 1. The van der Waals surface area contributed by atoms with Gasteiger partial charge in [0.25, 0.3) is 0 Å². The summed E-state index contributed by atoms with van der Waals surface area (Å²) in [5.74, 6) is -0.149. The van der Waals surface area contributed by atoms with E-state index in [1.165, 1.54) is 18.2 Å². The van der Waals surface area contributed by atoms with Gasteiger partial charge in [-0.3, -0.25) is 14.5 Å².